The number of carbonyl (C=O) groups excluding carboxylic acids is 1. The zero-order valence-corrected chi connectivity index (χ0v) is 18.5. The monoisotopic (exact) mass is 474 g/mol. The highest BCUT2D eigenvalue weighted by Gasteiger charge is 2.22. The number of halogens is 1. The molecule has 3 aromatic rings. The number of nitro benzene ring substituents is 1. The zero-order valence-electron chi connectivity index (χ0n) is 16.9. The molecule has 10 heteroatoms. The van der Waals surface area contributed by atoms with Gasteiger partial charge in [-0.1, -0.05) is 41.4 Å². The minimum absolute atomic E-state index is 0.0830. The predicted octanol–water partition coefficient (Wildman–Crippen LogP) is 4.43. The van der Waals surface area contributed by atoms with E-state index < -0.39 is 27.0 Å². The summed E-state index contributed by atoms with van der Waals surface area (Å²) in [6.07, 6.45) is -0.963. The summed E-state index contributed by atoms with van der Waals surface area (Å²) in [4.78, 5) is 22.9. The number of esters is 1. The molecule has 1 N–H and O–H groups in total. The van der Waals surface area contributed by atoms with Crippen molar-refractivity contribution in [3.63, 3.8) is 0 Å². The summed E-state index contributed by atoms with van der Waals surface area (Å²) in [5.41, 5.74) is 1.37. The third kappa shape index (κ3) is 5.91. The molecule has 3 rings (SSSR count). The lowest BCUT2D eigenvalue weighted by Crippen LogP contribution is -2.30. The Morgan fingerprint density at radius 3 is 2.19 bits per heavy atom. The van der Waals surface area contributed by atoms with Crippen molar-refractivity contribution >= 4 is 33.3 Å². The van der Waals surface area contributed by atoms with Crippen LogP contribution < -0.4 is 4.72 Å². The first-order chi connectivity index (χ1) is 15.2. The molecule has 1 unspecified atom stereocenters. The molecule has 32 heavy (non-hydrogen) atoms. The van der Waals surface area contributed by atoms with Crippen LogP contribution >= 0.6 is 11.6 Å². The molecule has 0 heterocycles. The second kappa shape index (κ2) is 9.90. The Labute approximate surface area is 190 Å². The number of benzene rings is 3. The Bertz CT molecular complexity index is 1210. The van der Waals surface area contributed by atoms with Gasteiger partial charge in [-0.15, -0.1) is 0 Å². The highest BCUT2D eigenvalue weighted by atomic mass is 35.5. The standard InChI is InChI=1S/C22H19ClN2O6S/c1-15-2-12-20(13-3-15)32(29,30)24-14-21(16-4-8-18(23)9-5-16)31-22(26)17-6-10-19(11-7-17)25(27)28/h2-13,21,24H,14H2,1H3. The molecule has 3 aromatic carbocycles. The van der Waals surface area contributed by atoms with Gasteiger partial charge in [0.25, 0.3) is 5.69 Å². The van der Waals surface area contributed by atoms with Crippen molar-refractivity contribution in [2.75, 3.05) is 6.54 Å². The second-order valence-electron chi connectivity index (χ2n) is 6.91. The molecule has 0 spiro atoms. The number of nitrogens with one attached hydrogen (secondary N) is 1. The lowest BCUT2D eigenvalue weighted by atomic mass is 10.1. The second-order valence-corrected chi connectivity index (χ2v) is 9.12. The molecule has 1 atom stereocenters. The van der Waals surface area contributed by atoms with Gasteiger partial charge in [0.1, 0.15) is 6.10 Å². The van der Waals surface area contributed by atoms with Crippen LogP contribution in [0.25, 0.3) is 0 Å². The molecule has 0 amide bonds. The van der Waals surface area contributed by atoms with Crippen molar-refractivity contribution in [1.82, 2.24) is 4.72 Å². The van der Waals surface area contributed by atoms with Crippen LogP contribution in [0.2, 0.25) is 5.02 Å². The molecule has 0 radical (unpaired) electrons. The summed E-state index contributed by atoms with van der Waals surface area (Å²) in [5.74, 6) is -0.755. The van der Waals surface area contributed by atoms with Crippen molar-refractivity contribution in [3.8, 4) is 0 Å². The summed E-state index contributed by atoms with van der Waals surface area (Å²) in [6.45, 7) is 1.62. The van der Waals surface area contributed by atoms with Crippen LogP contribution in [0.5, 0.6) is 0 Å². The molecule has 0 aliphatic rings. The Kier molecular flexibility index (Phi) is 7.24. The lowest BCUT2D eigenvalue weighted by molar-refractivity contribution is -0.384. The number of nitro groups is 1. The number of hydrogen-bond donors (Lipinski definition) is 1. The normalized spacial score (nSPS) is 12.2. The summed E-state index contributed by atoms with van der Waals surface area (Å²) in [7, 11) is -3.85. The summed E-state index contributed by atoms with van der Waals surface area (Å²) >= 11 is 5.93. The lowest BCUT2D eigenvalue weighted by Gasteiger charge is -2.19. The van der Waals surface area contributed by atoms with Crippen molar-refractivity contribution in [3.05, 3.63) is 105 Å². The number of carbonyl (C=O) groups is 1. The zero-order chi connectivity index (χ0) is 23.3. The molecule has 0 saturated heterocycles. The summed E-state index contributed by atoms with van der Waals surface area (Å²) < 4.78 is 33.3. The van der Waals surface area contributed by atoms with Crippen LogP contribution in [-0.4, -0.2) is 25.9 Å². The van der Waals surface area contributed by atoms with Gasteiger partial charge in [0.2, 0.25) is 10.0 Å². The van der Waals surface area contributed by atoms with E-state index in [1.165, 1.54) is 36.4 Å². The largest absolute Gasteiger partial charge is 0.452 e. The molecular weight excluding hydrogens is 456 g/mol. The van der Waals surface area contributed by atoms with E-state index in [9.17, 15) is 23.3 Å². The Morgan fingerprint density at radius 1 is 1.03 bits per heavy atom. The molecular formula is C22H19ClN2O6S. The molecule has 0 saturated carbocycles. The van der Waals surface area contributed by atoms with Crippen LogP contribution in [0, 0.1) is 17.0 Å². The van der Waals surface area contributed by atoms with Crippen molar-refractivity contribution < 1.29 is 22.9 Å². The van der Waals surface area contributed by atoms with E-state index in [1.807, 2.05) is 6.92 Å². The smallest absolute Gasteiger partial charge is 0.338 e. The van der Waals surface area contributed by atoms with E-state index in [0.29, 0.717) is 10.6 Å². The maximum Gasteiger partial charge on any atom is 0.338 e. The van der Waals surface area contributed by atoms with Crippen LogP contribution in [0.1, 0.15) is 27.6 Å². The molecule has 8 nitrogen and oxygen atoms in total. The molecule has 0 aromatic heterocycles. The molecule has 0 fully saturated rings. The van der Waals surface area contributed by atoms with E-state index in [1.54, 1.807) is 36.4 Å². The van der Waals surface area contributed by atoms with Crippen LogP contribution in [0.3, 0.4) is 0 Å². The highest BCUT2D eigenvalue weighted by molar-refractivity contribution is 7.89. The van der Waals surface area contributed by atoms with Crippen molar-refractivity contribution in [2.45, 2.75) is 17.9 Å². The third-order valence-corrected chi connectivity index (χ3v) is 6.29. The van der Waals surface area contributed by atoms with Gasteiger partial charge in [-0.05, 0) is 48.9 Å². The van der Waals surface area contributed by atoms with Gasteiger partial charge >= 0.3 is 5.97 Å². The Morgan fingerprint density at radius 2 is 1.62 bits per heavy atom. The predicted molar refractivity (Wildman–Crippen MR) is 119 cm³/mol. The SMILES string of the molecule is Cc1ccc(S(=O)(=O)NCC(OC(=O)c2ccc([N+](=O)[O-])cc2)c2ccc(Cl)cc2)cc1. The van der Waals surface area contributed by atoms with Gasteiger partial charge in [0, 0.05) is 17.2 Å². The first kappa shape index (κ1) is 23.4. The average molecular weight is 475 g/mol. The van der Waals surface area contributed by atoms with Crippen LogP contribution in [0.4, 0.5) is 5.69 Å². The number of hydrogen-bond acceptors (Lipinski definition) is 6. The number of sulfonamides is 1. The number of aryl methyl sites for hydroxylation is 1. The number of nitrogens with zero attached hydrogens (tertiary/aromatic N) is 1. The van der Waals surface area contributed by atoms with E-state index in [2.05, 4.69) is 4.72 Å². The van der Waals surface area contributed by atoms with Crippen molar-refractivity contribution in [1.29, 1.82) is 0 Å². The molecule has 0 bridgehead atoms. The quantitative estimate of drug-likeness (QED) is 0.293. The van der Waals surface area contributed by atoms with Gasteiger partial charge in [0.05, 0.1) is 21.9 Å². The maximum atomic E-state index is 12.7. The number of rotatable bonds is 8. The minimum Gasteiger partial charge on any atom is -0.452 e. The van der Waals surface area contributed by atoms with E-state index >= 15 is 0 Å². The number of non-ortho nitro benzene ring substituents is 1. The highest BCUT2D eigenvalue weighted by Crippen LogP contribution is 2.23. The molecule has 0 aliphatic heterocycles. The topological polar surface area (TPSA) is 116 Å². The average Bonchev–Trinajstić information content (AvgIpc) is 2.77. The van der Waals surface area contributed by atoms with E-state index in [4.69, 9.17) is 16.3 Å². The fourth-order valence-corrected chi connectivity index (χ4v) is 3.97. The maximum absolute atomic E-state index is 12.7. The van der Waals surface area contributed by atoms with Gasteiger partial charge in [-0.2, -0.15) is 0 Å². The van der Waals surface area contributed by atoms with Gasteiger partial charge in [0.15, 0.2) is 0 Å². The van der Waals surface area contributed by atoms with E-state index in [-0.39, 0.29) is 22.7 Å². The van der Waals surface area contributed by atoms with E-state index in [0.717, 1.165) is 5.56 Å². The van der Waals surface area contributed by atoms with Gasteiger partial charge in [-0.3, -0.25) is 10.1 Å². The van der Waals surface area contributed by atoms with Gasteiger partial charge in [-0.25, -0.2) is 17.9 Å². The minimum atomic E-state index is -3.85. The fourth-order valence-electron chi connectivity index (χ4n) is 2.81. The first-order valence-electron chi connectivity index (χ1n) is 9.43. The van der Waals surface area contributed by atoms with Crippen LogP contribution in [0.15, 0.2) is 77.7 Å². The first-order valence-corrected chi connectivity index (χ1v) is 11.3. The summed E-state index contributed by atoms with van der Waals surface area (Å²) in [6, 6.07) is 17.7. The number of ether oxygens (including phenoxy) is 1. The Balaban J connectivity index is 1.80. The van der Waals surface area contributed by atoms with Crippen molar-refractivity contribution in [2.24, 2.45) is 0 Å². The Hall–Kier alpha value is -3.27. The molecule has 0 aliphatic carbocycles. The van der Waals surface area contributed by atoms with Gasteiger partial charge < -0.3 is 4.74 Å². The fraction of sp³-hybridized carbons (Fsp3) is 0.136. The third-order valence-electron chi connectivity index (χ3n) is 4.59. The summed E-state index contributed by atoms with van der Waals surface area (Å²) in [5, 5.41) is 11.3. The molecule has 166 valence electrons. The van der Waals surface area contributed by atoms with Crippen LogP contribution in [-0.2, 0) is 14.8 Å².